The highest BCUT2D eigenvalue weighted by Gasteiger charge is 1.96. The third kappa shape index (κ3) is 2.12. The van der Waals surface area contributed by atoms with Crippen molar-refractivity contribution in [2.24, 2.45) is 0 Å². The number of allylic oxidation sites excluding steroid dienone is 1. The summed E-state index contributed by atoms with van der Waals surface area (Å²) < 4.78 is 0. The van der Waals surface area contributed by atoms with Crippen molar-refractivity contribution in [1.82, 2.24) is 0 Å². The SMILES string of the molecule is C=CCCc1ccc(C)c(O)c1. The fourth-order valence-corrected chi connectivity index (χ4v) is 1.08. The van der Waals surface area contributed by atoms with E-state index in [2.05, 4.69) is 6.58 Å². The molecule has 12 heavy (non-hydrogen) atoms. The van der Waals surface area contributed by atoms with Crippen molar-refractivity contribution in [3.8, 4) is 5.75 Å². The zero-order chi connectivity index (χ0) is 8.97. The molecule has 0 atom stereocenters. The summed E-state index contributed by atoms with van der Waals surface area (Å²) in [6, 6.07) is 5.80. The molecule has 0 unspecified atom stereocenters. The Morgan fingerprint density at radius 1 is 1.50 bits per heavy atom. The molecular weight excluding hydrogens is 148 g/mol. The highest BCUT2D eigenvalue weighted by molar-refractivity contribution is 5.35. The summed E-state index contributed by atoms with van der Waals surface area (Å²) in [6.07, 6.45) is 3.80. The van der Waals surface area contributed by atoms with Crippen molar-refractivity contribution in [2.45, 2.75) is 19.8 Å². The summed E-state index contributed by atoms with van der Waals surface area (Å²) in [5, 5.41) is 9.37. The standard InChI is InChI=1S/C11H14O/c1-3-4-5-10-7-6-9(2)11(12)8-10/h3,6-8,12H,1,4-5H2,2H3. The Balaban J connectivity index is 2.75. The van der Waals surface area contributed by atoms with E-state index in [-0.39, 0.29) is 0 Å². The summed E-state index contributed by atoms with van der Waals surface area (Å²) in [5.74, 6) is 0.386. The molecule has 1 rings (SSSR count). The quantitative estimate of drug-likeness (QED) is 0.677. The molecule has 1 aromatic carbocycles. The van der Waals surface area contributed by atoms with Gasteiger partial charge in [0.2, 0.25) is 0 Å². The number of hydrogen-bond donors (Lipinski definition) is 1. The van der Waals surface area contributed by atoms with E-state index >= 15 is 0 Å². The highest BCUT2D eigenvalue weighted by Crippen LogP contribution is 2.18. The minimum Gasteiger partial charge on any atom is -0.508 e. The number of rotatable bonds is 3. The first-order valence-electron chi connectivity index (χ1n) is 4.13. The van der Waals surface area contributed by atoms with Crippen LogP contribution in [0.25, 0.3) is 0 Å². The van der Waals surface area contributed by atoms with Gasteiger partial charge >= 0.3 is 0 Å². The lowest BCUT2D eigenvalue weighted by Crippen LogP contribution is -1.84. The van der Waals surface area contributed by atoms with Crippen LogP contribution in [0.1, 0.15) is 17.5 Å². The van der Waals surface area contributed by atoms with E-state index in [4.69, 9.17) is 0 Å². The molecule has 0 aliphatic heterocycles. The van der Waals surface area contributed by atoms with Gasteiger partial charge in [-0.1, -0.05) is 18.2 Å². The normalized spacial score (nSPS) is 9.75. The number of aromatic hydroxyl groups is 1. The topological polar surface area (TPSA) is 20.2 Å². The second kappa shape index (κ2) is 3.96. The van der Waals surface area contributed by atoms with Crippen LogP contribution in [-0.2, 0) is 6.42 Å². The third-order valence-electron chi connectivity index (χ3n) is 1.91. The van der Waals surface area contributed by atoms with Gasteiger partial charge in [0.25, 0.3) is 0 Å². The minimum atomic E-state index is 0.386. The van der Waals surface area contributed by atoms with Crippen LogP contribution >= 0.6 is 0 Å². The Morgan fingerprint density at radius 2 is 2.25 bits per heavy atom. The van der Waals surface area contributed by atoms with Crippen molar-refractivity contribution in [2.75, 3.05) is 0 Å². The molecule has 0 aromatic heterocycles. The lowest BCUT2D eigenvalue weighted by molar-refractivity contribution is 0.470. The van der Waals surface area contributed by atoms with Gasteiger partial charge in [-0.25, -0.2) is 0 Å². The molecule has 0 bridgehead atoms. The fraction of sp³-hybridized carbons (Fsp3) is 0.273. The molecule has 0 radical (unpaired) electrons. The summed E-state index contributed by atoms with van der Waals surface area (Å²) in [7, 11) is 0. The Labute approximate surface area is 73.4 Å². The maximum absolute atomic E-state index is 9.37. The van der Waals surface area contributed by atoms with Crippen LogP contribution in [0.5, 0.6) is 5.75 Å². The zero-order valence-corrected chi connectivity index (χ0v) is 7.38. The first-order chi connectivity index (χ1) is 5.74. The highest BCUT2D eigenvalue weighted by atomic mass is 16.3. The summed E-state index contributed by atoms with van der Waals surface area (Å²) in [4.78, 5) is 0. The lowest BCUT2D eigenvalue weighted by atomic mass is 10.1. The van der Waals surface area contributed by atoms with Crippen LogP contribution < -0.4 is 0 Å². The van der Waals surface area contributed by atoms with Crippen LogP contribution in [0, 0.1) is 6.92 Å². The van der Waals surface area contributed by atoms with Gasteiger partial charge in [0, 0.05) is 0 Å². The molecule has 0 aliphatic rings. The molecule has 1 N–H and O–H groups in total. The number of phenolic OH excluding ortho intramolecular Hbond substituents is 1. The Bertz CT molecular complexity index is 276. The van der Waals surface area contributed by atoms with Crippen molar-refractivity contribution in [3.63, 3.8) is 0 Å². The molecule has 0 fully saturated rings. The van der Waals surface area contributed by atoms with E-state index in [0.29, 0.717) is 5.75 Å². The van der Waals surface area contributed by atoms with E-state index < -0.39 is 0 Å². The molecule has 1 nitrogen and oxygen atoms in total. The Kier molecular flexibility index (Phi) is 2.92. The van der Waals surface area contributed by atoms with E-state index in [1.54, 1.807) is 0 Å². The van der Waals surface area contributed by atoms with Gasteiger partial charge in [-0.3, -0.25) is 0 Å². The van der Waals surface area contributed by atoms with Gasteiger partial charge in [-0.15, -0.1) is 6.58 Å². The third-order valence-corrected chi connectivity index (χ3v) is 1.91. The average Bonchev–Trinajstić information content (AvgIpc) is 2.07. The number of hydrogen-bond acceptors (Lipinski definition) is 1. The largest absolute Gasteiger partial charge is 0.508 e. The predicted octanol–water partition coefficient (Wildman–Crippen LogP) is 2.82. The first kappa shape index (κ1) is 8.85. The molecule has 1 heteroatoms. The molecule has 1 aromatic rings. The van der Waals surface area contributed by atoms with Crippen molar-refractivity contribution >= 4 is 0 Å². The van der Waals surface area contributed by atoms with Crippen LogP contribution in [-0.4, -0.2) is 5.11 Å². The molecule has 0 aliphatic carbocycles. The lowest BCUT2D eigenvalue weighted by Gasteiger charge is -2.01. The second-order valence-corrected chi connectivity index (χ2v) is 2.95. The van der Waals surface area contributed by atoms with Gasteiger partial charge in [0.1, 0.15) is 5.75 Å². The van der Waals surface area contributed by atoms with E-state index in [1.165, 1.54) is 0 Å². The minimum absolute atomic E-state index is 0.386. The number of aryl methyl sites for hydroxylation is 2. The smallest absolute Gasteiger partial charge is 0.118 e. The van der Waals surface area contributed by atoms with Crippen molar-refractivity contribution in [1.29, 1.82) is 0 Å². The van der Waals surface area contributed by atoms with Gasteiger partial charge in [-0.05, 0) is 37.0 Å². The van der Waals surface area contributed by atoms with E-state index in [9.17, 15) is 5.11 Å². The predicted molar refractivity (Wildman–Crippen MR) is 51.4 cm³/mol. The van der Waals surface area contributed by atoms with Crippen LogP contribution in [0.2, 0.25) is 0 Å². The van der Waals surface area contributed by atoms with Crippen LogP contribution in [0.3, 0.4) is 0 Å². The molecule has 0 saturated heterocycles. The van der Waals surface area contributed by atoms with Crippen LogP contribution in [0.15, 0.2) is 30.9 Å². The van der Waals surface area contributed by atoms with Gasteiger partial charge in [-0.2, -0.15) is 0 Å². The molecule has 0 heterocycles. The Morgan fingerprint density at radius 3 is 2.83 bits per heavy atom. The van der Waals surface area contributed by atoms with Crippen molar-refractivity contribution in [3.05, 3.63) is 42.0 Å². The van der Waals surface area contributed by atoms with Gasteiger partial charge < -0.3 is 5.11 Å². The summed E-state index contributed by atoms with van der Waals surface area (Å²) >= 11 is 0. The molecule has 64 valence electrons. The number of phenols is 1. The Hall–Kier alpha value is -1.24. The second-order valence-electron chi connectivity index (χ2n) is 2.95. The molecule has 0 spiro atoms. The van der Waals surface area contributed by atoms with E-state index in [0.717, 1.165) is 24.0 Å². The van der Waals surface area contributed by atoms with Crippen molar-refractivity contribution < 1.29 is 5.11 Å². The average molecular weight is 162 g/mol. The van der Waals surface area contributed by atoms with E-state index in [1.807, 2.05) is 31.2 Å². The zero-order valence-electron chi connectivity index (χ0n) is 7.38. The summed E-state index contributed by atoms with van der Waals surface area (Å²) in [5.41, 5.74) is 2.09. The molecular formula is C11H14O. The van der Waals surface area contributed by atoms with Crippen LogP contribution in [0.4, 0.5) is 0 Å². The maximum Gasteiger partial charge on any atom is 0.118 e. The number of benzene rings is 1. The summed E-state index contributed by atoms with van der Waals surface area (Å²) in [6.45, 7) is 5.55. The monoisotopic (exact) mass is 162 g/mol. The fourth-order valence-electron chi connectivity index (χ4n) is 1.08. The maximum atomic E-state index is 9.37. The molecule has 0 saturated carbocycles. The first-order valence-corrected chi connectivity index (χ1v) is 4.13. The molecule has 0 amide bonds. The van der Waals surface area contributed by atoms with Gasteiger partial charge in [0.05, 0.1) is 0 Å². The van der Waals surface area contributed by atoms with Gasteiger partial charge in [0.15, 0.2) is 0 Å².